The lowest BCUT2D eigenvalue weighted by atomic mass is 9.99. The third-order valence-electron chi connectivity index (χ3n) is 4.10. The average Bonchev–Trinajstić information content (AvgIpc) is 2.91. The molecule has 1 saturated heterocycles. The van der Waals surface area contributed by atoms with Crippen LogP contribution in [0.15, 0.2) is 12.1 Å². The molecule has 1 aromatic rings. The molecule has 0 aliphatic carbocycles. The molecule has 2 atom stereocenters. The molecule has 10 heteroatoms. The highest BCUT2D eigenvalue weighted by molar-refractivity contribution is 5.85. The van der Waals surface area contributed by atoms with Crippen molar-refractivity contribution in [2.75, 3.05) is 25.7 Å². The molecule has 2 unspecified atom stereocenters. The minimum atomic E-state index is -4.80. The van der Waals surface area contributed by atoms with E-state index in [1.807, 2.05) is 0 Å². The summed E-state index contributed by atoms with van der Waals surface area (Å²) in [7, 11) is 1.89. The van der Waals surface area contributed by atoms with Crippen molar-refractivity contribution in [2.45, 2.75) is 24.2 Å². The summed E-state index contributed by atoms with van der Waals surface area (Å²) in [6.45, 7) is -0.817. The Morgan fingerprint density at radius 3 is 2.42 bits per heavy atom. The lowest BCUT2D eigenvalue weighted by Crippen LogP contribution is -2.49. The molecule has 1 fully saturated rings. The number of carbonyl (C=O) groups excluding carboxylic acids is 1. The van der Waals surface area contributed by atoms with Crippen LogP contribution in [0.2, 0.25) is 0 Å². The Morgan fingerprint density at radius 1 is 1.33 bits per heavy atom. The summed E-state index contributed by atoms with van der Waals surface area (Å²) in [4.78, 5) is 12.5. The van der Waals surface area contributed by atoms with Crippen LogP contribution in [-0.2, 0) is 9.53 Å². The van der Waals surface area contributed by atoms with E-state index in [0.29, 0.717) is 0 Å². The van der Waals surface area contributed by atoms with Crippen molar-refractivity contribution in [1.82, 2.24) is 0 Å². The zero-order valence-electron chi connectivity index (χ0n) is 12.8. The third kappa shape index (κ3) is 2.74. The third-order valence-corrected chi connectivity index (χ3v) is 4.10. The molecule has 0 bridgehead atoms. The van der Waals surface area contributed by atoms with Crippen LogP contribution in [0.25, 0.3) is 0 Å². The van der Waals surface area contributed by atoms with Crippen molar-refractivity contribution in [3.05, 3.63) is 23.8 Å². The van der Waals surface area contributed by atoms with Crippen molar-refractivity contribution in [3.63, 3.8) is 0 Å². The van der Waals surface area contributed by atoms with Gasteiger partial charge in [-0.1, -0.05) is 0 Å². The first kappa shape index (κ1) is 18.2. The van der Waals surface area contributed by atoms with Gasteiger partial charge in [-0.25, -0.2) is 4.39 Å². The van der Waals surface area contributed by atoms with Gasteiger partial charge in [0.2, 0.25) is 11.7 Å². The fraction of sp³-hybridized carbons (Fsp3) is 0.500. The molecule has 1 heterocycles. The largest absolute Gasteiger partial charge is 0.491 e. The van der Waals surface area contributed by atoms with E-state index < -0.39 is 54.1 Å². The van der Waals surface area contributed by atoms with Gasteiger partial charge in [0.05, 0.1) is 19.3 Å². The number of alkyl halides is 3. The molecule has 0 saturated carbocycles. The number of methoxy groups -OCH3 is 2. The van der Waals surface area contributed by atoms with Crippen LogP contribution in [-0.4, -0.2) is 44.5 Å². The van der Waals surface area contributed by atoms with Crippen LogP contribution < -0.4 is 15.4 Å². The van der Waals surface area contributed by atoms with Crippen molar-refractivity contribution in [1.29, 1.82) is 0 Å². The molecule has 0 spiro atoms. The number of hydrogen-bond acceptors (Lipinski definition) is 4. The maximum atomic E-state index is 13.9. The van der Waals surface area contributed by atoms with Crippen LogP contribution >= 0.6 is 0 Å². The second-order valence-corrected chi connectivity index (χ2v) is 5.36. The summed E-state index contributed by atoms with van der Waals surface area (Å²) < 4.78 is 76.8. The Bertz CT molecular complexity index is 652. The topological polar surface area (TPSA) is 64.8 Å². The summed E-state index contributed by atoms with van der Waals surface area (Å²) in [5, 5.41) is 0. The van der Waals surface area contributed by atoms with Gasteiger partial charge in [-0.3, -0.25) is 4.79 Å². The molecule has 2 N–H and O–H groups in total. The molecule has 24 heavy (non-hydrogen) atoms. The number of anilines is 1. The lowest BCUT2D eigenvalue weighted by molar-refractivity contribution is -0.261. The van der Waals surface area contributed by atoms with Crippen molar-refractivity contribution < 1.29 is 36.2 Å². The predicted molar refractivity (Wildman–Crippen MR) is 73.7 cm³/mol. The molecule has 0 radical (unpaired) electrons. The molecule has 1 amide bonds. The minimum absolute atomic E-state index is 0.219. The van der Waals surface area contributed by atoms with E-state index >= 15 is 0 Å². The monoisotopic (exact) mass is 354 g/mol. The number of hydrogen-bond donors (Lipinski definition) is 1. The Kier molecular flexibility index (Phi) is 4.62. The van der Waals surface area contributed by atoms with E-state index in [2.05, 4.69) is 4.74 Å². The van der Waals surface area contributed by atoms with Crippen LogP contribution in [0.4, 0.5) is 27.6 Å². The van der Waals surface area contributed by atoms with Gasteiger partial charge in [0.1, 0.15) is 6.04 Å². The van der Waals surface area contributed by atoms with Gasteiger partial charge in [0.15, 0.2) is 17.2 Å². The van der Waals surface area contributed by atoms with Gasteiger partial charge in [-0.15, -0.1) is 0 Å². The first-order chi connectivity index (χ1) is 11.1. The van der Waals surface area contributed by atoms with Crippen molar-refractivity contribution >= 4 is 11.6 Å². The molecule has 5 nitrogen and oxygen atoms in total. The van der Waals surface area contributed by atoms with Gasteiger partial charge in [-0.2, -0.15) is 17.6 Å². The van der Waals surface area contributed by atoms with Gasteiger partial charge in [0, 0.05) is 13.5 Å². The van der Waals surface area contributed by atoms with E-state index in [1.165, 1.54) is 0 Å². The number of rotatable bonds is 4. The molecule has 1 aromatic carbocycles. The second kappa shape index (κ2) is 6.08. The number of ether oxygens (including phenoxy) is 2. The number of nitrogens with zero attached hydrogens (tertiary/aromatic N) is 1. The van der Waals surface area contributed by atoms with Crippen LogP contribution in [0, 0.1) is 11.6 Å². The number of amides is 1. The van der Waals surface area contributed by atoms with Gasteiger partial charge in [0.25, 0.3) is 0 Å². The normalized spacial score (nSPS) is 24.3. The summed E-state index contributed by atoms with van der Waals surface area (Å²) >= 11 is 0. The lowest BCUT2D eigenvalue weighted by Gasteiger charge is -2.30. The van der Waals surface area contributed by atoms with E-state index in [4.69, 9.17) is 10.5 Å². The van der Waals surface area contributed by atoms with Crippen molar-refractivity contribution in [2.24, 2.45) is 5.73 Å². The Balaban J connectivity index is 2.57. The summed E-state index contributed by atoms with van der Waals surface area (Å²) in [6.07, 6.45) is -5.57. The summed E-state index contributed by atoms with van der Waals surface area (Å²) in [6, 6.07) is 0.325. The molecular weight excluding hydrogens is 339 g/mol. The van der Waals surface area contributed by atoms with Gasteiger partial charge < -0.3 is 20.1 Å². The summed E-state index contributed by atoms with van der Waals surface area (Å²) in [5.74, 6) is -4.28. The highest BCUT2D eigenvalue weighted by Gasteiger charge is 2.63. The van der Waals surface area contributed by atoms with E-state index in [-0.39, 0.29) is 5.69 Å². The zero-order chi connectivity index (χ0) is 18.3. The number of halogens is 5. The Morgan fingerprint density at radius 2 is 1.96 bits per heavy atom. The average molecular weight is 354 g/mol. The Labute approximate surface area is 134 Å². The quantitative estimate of drug-likeness (QED) is 0.840. The first-order valence-electron chi connectivity index (χ1n) is 6.78. The van der Waals surface area contributed by atoms with Gasteiger partial charge >= 0.3 is 6.18 Å². The Hall–Kier alpha value is -2.10. The molecular formula is C14H15F5N2O3. The number of nitrogens with two attached hydrogens (primary N) is 1. The molecule has 0 aromatic heterocycles. The van der Waals surface area contributed by atoms with E-state index in [0.717, 1.165) is 31.3 Å². The maximum Gasteiger partial charge on any atom is 0.419 e. The fourth-order valence-electron chi connectivity index (χ4n) is 2.79. The first-order valence-corrected chi connectivity index (χ1v) is 6.78. The molecule has 2 rings (SSSR count). The van der Waals surface area contributed by atoms with Crippen LogP contribution in [0.3, 0.4) is 0 Å². The highest BCUT2D eigenvalue weighted by Crippen LogP contribution is 2.46. The zero-order valence-corrected chi connectivity index (χ0v) is 12.8. The van der Waals surface area contributed by atoms with Crippen molar-refractivity contribution in [3.8, 4) is 5.75 Å². The van der Waals surface area contributed by atoms with E-state index in [1.54, 1.807) is 0 Å². The second-order valence-electron chi connectivity index (χ2n) is 5.36. The predicted octanol–water partition coefficient (Wildman–Crippen LogP) is 1.98. The molecule has 1 aliphatic rings. The van der Waals surface area contributed by atoms with E-state index in [9.17, 15) is 26.7 Å². The minimum Gasteiger partial charge on any atom is -0.491 e. The number of primary amides is 1. The highest BCUT2D eigenvalue weighted by atomic mass is 19.4. The smallest absolute Gasteiger partial charge is 0.419 e. The SMILES string of the molecule is COc1c(N2CC(OC)(C(F)(F)F)CC2C(N)=O)ccc(F)c1F. The van der Waals surface area contributed by atoms with Crippen LogP contribution in [0.1, 0.15) is 6.42 Å². The molecule has 1 aliphatic heterocycles. The number of benzene rings is 1. The molecule has 134 valence electrons. The van der Waals surface area contributed by atoms with Crippen LogP contribution in [0.5, 0.6) is 5.75 Å². The maximum absolute atomic E-state index is 13.9. The number of carbonyl (C=O) groups is 1. The summed E-state index contributed by atoms with van der Waals surface area (Å²) in [5.41, 5.74) is 2.31. The fourth-order valence-corrected chi connectivity index (χ4v) is 2.79. The van der Waals surface area contributed by atoms with Gasteiger partial charge in [-0.05, 0) is 12.1 Å². The standard InChI is InChI=1S/C14H15F5N2O3/c1-23-11-8(4-3-7(15)10(11)16)21-6-13(24-2,14(17,18)19)5-9(21)12(20)22/h3-4,9H,5-6H2,1-2H3,(H2,20,22).